The van der Waals surface area contributed by atoms with Crippen LogP contribution < -0.4 is 10.1 Å². The van der Waals surface area contributed by atoms with E-state index < -0.39 is 19.1 Å². The highest BCUT2D eigenvalue weighted by Gasteiger charge is 2.34. The second-order valence-corrected chi connectivity index (χ2v) is 5.83. The zero-order chi connectivity index (χ0) is 17.8. The van der Waals surface area contributed by atoms with Gasteiger partial charge in [-0.3, -0.25) is 4.90 Å². The van der Waals surface area contributed by atoms with Crippen LogP contribution in [0.4, 0.5) is 26.3 Å². The van der Waals surface area contributed by atoms with E-state index in [4.69, 9.17) is 0 Å². The van der Waals surface area contributed by atoms with Gasteiger partial charge >= 0.3 is 12.5 Å². The molecule has 1 atom stereocenters. The van der Waals surface area contributed by atoms with Crippen LogP contribution in [0.15, 0.2) is 24.3 Å². The molecule has 136 valence electrons. The SMILES string of the molecule is FC(F)(F)CN1CCC(CNCc2ccc(OC(F)(F)F)cc2)C1. The van der Waals surface area contributed by atoms with Crippen LogP contribution >= 0.6 is 0 Å². The molecule has 1 aromatic carbocycles. The van der Waals surface area contributed by atoms with Gasteiger partial charge in [0.2, 0.25) is 0 Å². The summed E-state index contributed by atoms with van der Waals surface area (Å²) in [4.78, 5) is 1.38. The van der Waals surface area contributed by atoms with Crippen LogP contribution in [-0.2, 0) is 6.54 Å². The first-order valence-corrected chi connectivity index (χ1v) is 7.45. The Bertz CT molecular complexity index is 514. The molecule has 0 aliphatic carbocycles. The fraction of sp³-hybridized carbons (Fsp3) is 0.600. The molecule has 3 nitrogen and oxygen atoms in total. The third-order valence-electron chi connectivity index (χ3n) is 3.69. The van der Waals surface area contributed by atoms with Gasteiger partial charge in [-0.2, -0.15) is 13.2 Å². The minimum absolute atomic E-state index is 0.139. The summed E-state index contributed by atoms with van der Waals surface area (Å²) >= 11 is 0. The van der Waals surface area contributed by atoms with E-state index in [9.17, 15) is 26.3 Å². The van der Waals surface area contributed by atoms with Gasteiger partial charge in [-0.1, -0.05) is 12.1 Å². The van der Waals surface area contributed by atoms with Gasteiger partial charge in [0, 0.05) is 13.1 Å². The third-order valence-corrected chi connectivity index (χ3v) is 3.69. The number of nitrogens with one attached hydrogen (secondary N) is 1. The normalized spacial score (nSPS) is 19.7. The Kier molecular flexibility index (Phi) is 5.97. The molecule has 1 heterocycles. The van der Waals surface area contributed by atoms with E-state index in [-0.39, 0.29) is 11.7 Å². The molecule has 1 aromatic rings. The molecule has 0 spiro atoms. The molecule has 1 fully saturated rings. The number of benzene rings is 1. The summed E-state index contributed by atoms with van der Waals surface area (Å²) in [6.45, 7) is 0.932. The van der Waals surface area contributed by atoms with Gasteiger partial charge in [-0.15, -0.1) is 13.2 Å². The molecule has 0 radical (unpaired) electrons. The number of likely N-dealkylation sites (tertiary alicyclic amines) is 1. The average Bonchev–Trinajstić information content (AvgIpc) is 2.84. The van der Waals surface area contributed by atoms with E-state index in [1.807, 2.05) is 0 Å². The lowest BCUT2D eigenvalue weighted by atomic mass is 10.1. The fourth-order valence-electron chi connectivity index (χ4n) is 2.71. The summed E-state index contributed by atoms with van der Waals surface area (Å²) in [5.74, 6) is -0.148. The van der Waals surface area contributed by atoms with Crippen LogP contribution in [-0.4, -0.2) is 43.6 Å². The zero-order valence-corrected chi connectivity index (χ0v) is 12.8. The first kappa shape index (κ1) is 18.9. The largest absolute Gasteiger partial charge is 0.573 e. The van der Waals surface area contributed by atoms with Crippen LogP contribution in [0.25, 0.3) is 0 Å². The summed E-state index contributed by atoms with van der Waals surface area (Å²) in [6.07, 6.45) is -8.20. The van der Waals surface area contributed by atoms with Gasteiger partial charge in [0.25, 0.3) is 0 Å². The van der Waals surface area contributed by atoms with Crippen molar-refractivity contribution in [2.45, 2.75) is 25.5 Å². The quantitative estimate of drug-likeness (QED) is 0.789. The van der Waals surface area contributed by atoms with Crippen molar-refractivity contribution >= 4 is 0 Å². The predicted molar refractivity (Wildman–Crippen MR) is 75.4 cm³/mol. The molecule has 2 rings (SSSR count). The molecular weight excluding hydrogens is 338 g/mol. The molecule has 0 saturated carbocycles. The summed E-state index contributed by atoms with van der Waals surface area (Å²) in [6, 6.07) is 5.48. The maximum atomic E-state index is 12.3. The van der Waals surface area contributed by atoms with Crippen LogP contribution in [0.2, 0.25) is 0 Å². The number of nitrogens with zero attached hydrogens (tertiary/aromatic N) is 1. The maximum absolute atomic E-state index is 12.3. The lowest BCUT2D eigenvalue weighted by Crippen LogP contribution is -2.33. The molecule has 1 aliphatic heterocycles. The Morgan fingerprint density at radius 3 is 2.33 bits per heavy atom. The molecule has 24 heavy (non-hydrogen) atoms. The summed E-state index contributed by atoms with van der Waals surface area (Å²) < 4.78 is 76.8. The van der Waals surface area contributed by atoms with Gasteiger partial charge < -0.3 is 10.1 Å². The standard InChI is InChI=1S/C15H18F6N2O/c16-14(17,18)10-23-6-5-12(9-23)8-22-7-11-1-3-13(4-2-11)24-15(19,20)21/h1-4,12,22H,5-10H2. The van der Waals surface area contributed by atoms with E-state index in [1.54, 1.807) is 0 Å². The van der Waals surface area contributed by atoms with E-state index in [1.165, 1.54) is 29.2 Å². The van der Waals surface area contributed by atoms with Crippen molar-refractivity contribution in [2.24, 2.45) is 5.92 Å². The van der Waals surface area contributed by atoms with Crippen molar-refractivity contribution in [2.75, 3.05) is 26.2 Å². The van der Waals surface area contributed by atoms with Crippen molar-refractivity contribution in [3.8, 4) is 5.75 Å². The topological polar surface area (TPSA) is 24.5 Å². The van der Waals surface area contributed by atoms with Crippen LogP contribution in [0.1, 0.15) is 12.0 Å². The van der Waals surface area contributed by atoms with E-state index >= 15 is 0 Å². The van der Waals surface area contributed by atoms with Crippen LogP contribution in [0, 0.1) is 5.92 Å². The number of hydrogen-bond acceptors (Lipinski definition) is 3. The monoisotopic (exact) mass is 356 g/mol. The number of alkyl halides is 6. The molecule has 0 bridgehead atoms. The van der Waals surface area contributed by atoms with Crippen molar-refractivity contribution in [1.29, 1.82) is 0 Å². The van der Waals surface area contributed by atoms with E-state index in [2.05, 4.69) is 10.1 Å². The lowest BCUT2D eigenvalue weighted by Gasteiger charge is -2.18. The molecule has 1 unspecified atom stereocenters. The van der Waals surface area contributed by atoms with Gasteiger partial charge in [0.1, 0.15) is 5.75 Å². The van der Waals surface area contributed by atoms with Crippen LogP contribution in [0.5, 0.6) is 5.75 Å². The van der Waals surface area contributed by atoms with Gasteiger partial charge in [-0.05, 0) is 43.1 Å². The minimum Gasteiger partial charge on any atom is -0.406 e. The molecule has 9 heteroatoms. The second-order valence-electron chi connectivity index (χ2n) is 5.83. The Balaban J connectivity index is 1.69. The molecule has 1 saturated heterocycles. The fourth-order valence-corrected chi connectivity index (χ4v) is 2.71. The lowest BCUT2D eigenvalue weighted by molar-refractivity contribution is -0.274. The first-order valence-electron chi connectivity index (χ1n) is 7.45. The molecule has 0 aromatic heterocycles. The minimum atomic E-state index is -4.72. The Morgan fingerprint density at radius 2 is 1.75 bits per heavy atom. The Hall–Kier alpha value is -1.48. The number of ether oxygens (including phenoxy) is 1. The third kappa shape index (κ3) is 6.96. The van der Waals surface area contributed by atoms with Gasteiger partial charge in [0.05, 0.1) is 6.54 Å². The van der Waals surface area contributed by atoms with E-state index in [0.29, 0.717) is 32.6 Å². The van der Waals surface area contributed by atoms with Gasteiger partial charge in [-0.25, -0.2) is 0 Å². The number of rotatable bonds is 6. The predicted octanol–water partition coefficient (Wildman–Crippen LogP) is 3.56. The maximum Gasteiger partial charge on any atom is 0.573 e. The van der Waals surface area contributed by atoms with Crippen molar-refractivity contribution < 1.29 is 31.1 Å². The molecule has 0 amide bonds. The summed E-state index contributed by atoms with van der Waals surface area (Å²) in [5.41, 5.74) is 0.773. The molecule has 1 N–H and O–H groups in total. The van der Waals surface area contributed by atoms with Gasteiger partial charge in [0.15, 0.2) is 0 Å². The van der Waals surface area contributed by atoms with Crippen molar-refractivity contribution in [3.05, 3.63) is 29.8 Å². The first-order chi connectivity index (χ1) is 11.1. The molecule has 1 aliphatic rings. The Labute approximate surface area is 135 Å². The second kappa shape index (κ2) is 7.60. The smallest absolute Gasteiger partial charge is 0.406 e. The highest BCUT2D eigenvalue weighted by atomic mass is 19.4. The van der Waals surface area contributed by atoms with Crippen molar-refractivity contribution in [1.82, 2.24) is 10.2 Å². The van der Waals surface area contributed by atoms with Crippen molar-refractivity contribution in [3.63, 3.8) is 0 Å². The van der Waals surface area contributed by atoms with E-state index in [0.717, 1.165) is 5.56 Å². The molecular formula is C15H18F6N2O. The summed E-state index contributed by atoms with van der Waals surface area (Å²) in [5, 5.41) is 3.12. The number of hydrogen-bond donors (Lipinski definition) is 1. The highest BCUT2D eigenvalue weighted by molar-refractivity contribution is 5.27. The summed E-state index contributed by atoms with van der Waals surface area (Å²) in [7, 11) is 0. The van der Waals surface area contributed by atoms with Crippen LogP contribution in [0.3, 0.4) is 0 Å². The Morgan fingerprint density at radius 1 is 1.08 bits per heavy atom. The highest BCUT2D eigenvalue weighted by Crippen LogP contribution is 2.24. The number of halogens is 6. The zero-order valence-electron chi connectivity index (χ0n) is 12.8. The average molecular weight is 356 g/mol.